The van der Waals surface area contributed by atoms with Gasteiger partial charge in [0.1, 0.15) is 0 Å². The summed E-state index contributed by atoms with van der Waals surface area (Å²) in [5.41, 5.74) is 17.2. The summed E-state index contributed by atoms with van der Waals surface area (Å²) in [7, 11) is 0. The molecule has 2 aliphatic heterocycles. The van der Waals surface area contributed by atoms with E-state index in [2.05, 4.69) is 142 Å². The molecule has 208 valence electrons. The van der Waals surface area contributed by atoms with Gasteiger partial charge in [-0.25, -0.2) is 0 Å². The highest BCUT2D eigenvalue weighted by molar-refractivity contribution is 5.87. The largest absolute Gasteiger partial charge is 0.337 e. The molecule has 1 nitrogen and oxygen atoms in total. The van der Waals surface area contributed by atoms with Gasteiger partial charge in [0.05, 0.1) is 0 Å². The van der Waals surface area contributed by atoms with E-state index in [1.165, 1.54) is 79.9 Å². The van der Waals surface area contributed by atoms with Gasteiger partial charge in [0.15, 0.2) is 0 Å². The Morgan fingerprint density at radius 3 is 1.71 bits per heavy atom. The molecule has 1 atom stereocenters. The molecule has 0 radical (unpaired) electrons. The summed E-state index contributed by atoms with van der Waals surface area (Å²) in [5.74, 6) is 0. The maximum absolute atomic E-state index is 2.61. The summed E-state index contributed by atoms with van der Waals surface area (Å²) in [6.45, 7) is 9.66. The summed E-state index contributed by atoms with van der Waals surface area (Å²) in [6, 6.07) is 41.7. The second kappa shape index (κ2) is 9.20. The molecule has 0 saturated heterocycles. The SMILES string of the molecule is CC1(C)CCC(C)(C)c2cc(-c3ccc4c(c3)CC3Cc5cc(-c6ccccc6-c6ccccc6)ccc5N43)ccc21. The molecule has 3 aliphatic rings. The first-order valence-corrected chi connectivity index (χ1v) is 15.6. The smallest absolute Gasteiger partial charge is 0.0447 e. The minimum atomic E-state index is 0.227. The molecule has 0 bridgehead atoms. The van der Waals surface area contributed by atoms with Crippen LogP contribution in [0.2, 0.25) is 0 Å². The molecule has 0 saturated carbocycles. The van der Waals surface area contributed by atoms with E-state index in [9.17, 15) is 0 Å². The highest BCUT2D eigenvalue weighted by Crippen LogP contribution is 2.50. The molecule has 1 aliphatic carbocycles. The van der Waals surface area contributed by atoms with E-state index in [0.717, 1.165) is 12.8 Å². The fraction of sp³-hybridized carbons (Fsp3) is 0.268. The van der Waals surface area contributed by atoms with Crippen LogP contribution in [0.15, 0.2) is 109 Å². The Labute approximate surface area is 250 Å². The van der Waals surface area contributed by atoms with Gasteiger partial charge in [-0.3, -0.25) is 0 Å². The van der Waals surface area contributed by atoms with Gasteiger partial charge in [-0.1, -0.05) is 113 Å². The maximum atomic E-state index is 2.61. The number of anilines is 2. The second-order valence-electron chi connectivity index (χ2n) is 14.1. The van der Waals surface area contributed by atoms with Crippen molar-refractivity contribution in [1.29, 1.82) is 0 Å². The van der Waals surface area contributed by atoms with Crippen LogP contribution in [0.4, 0.5) is 11.4 Å². The Hall–Kier alpha value is -4.10. The first-order chi connectivity index (χ1) is 20.3. The first-order valence-electron chi connectivity index (χ1n) is 15.6. The standard InChI is InChI=1S/C41H39N/c1-40(2)20-21-41(3,4)37-26-29(14-17-36(37)40)28-15-18-38-31(22-28)24-33-25-32-23-30(16-19-39(32)42(33)38)35-13-9-8-12-34(35)27-10-6-5-7-11-27/h5-19,22-23,26,33H,20-21,24-25H2,1-4H3. The van der Waals surface area contributed by atoms with Crippen LogP contribution in [-0.4, -0.2) is 6.04 Å². The van der Waals surface area contributed by atoms with Gasteiger partial charge < -0.3 is 4.90 Å². The minimum Gasteiger partial charge on any atom is -0.337 e. The summed E-state index contributed by atoms with van der Waals surface area (Å²) in [4.78, 5) is 2.61. The average Bonchev–Trinajstić information content (AvgIpc) is 3.54. The van der Waals surface area contributed by atoms with Crippen LogP contribution in [0.1, 0.15) is 62.8 Å². The van der Waals surface area contributed by atoms with Gasteiger partial charge in [-0.2, -0.15) is 0 Å². The Morgan fingerprint density at radius 2 is 1.02 bits per heavy atom. The predicted molar refractivity (Wildman–Crippen MR) is 178 cm³/mol. The Kier molecular flexibility index (Phi) is 5.61. The Morgan fingerprint density at radius 1 is 0.500 bits per heavy atom. The number of benzene rings is 5. The van der Waals surface area contributed by atoms with Crippen molar-refractivity contribution < 1.29 is 0 Å². The molecule has 0 N–H and O–H groups in total. The van der Waals surface area contributed by atoms with Crippen molar-refractivity contribution in [3.8, 4) is 33.4 Å². The van der Waals surface area contributed by atoms with Gasteiger partial charge in [0, 0.05) is 17.4 Å². The highest BCUT2D eigenvalue weighted by Gasteiger charge is 2.39. The lowest BCUT2D eigenvalue weighted by atomic mass is 9.63. The van der Waals surface area contributed by atoms with Crippen molar-refractivity contribution in [2.45, 2.75) is 70.3 Å². The number of hydrogen-bond acceptors (Lipinski definition) is 1. The number of hydrogen-bond donors (Lipinski definition) is 0. The molecule has 42 heavy (non-hydrogen) atoms. The molecule has 5 aromatic carbocycles. The lowest BCUT2D eigenvalue weighted by Gasteiger charge is -2.42. The molecule has 0 spiro atoms. The molecule has 2 heterocycles. The summed E-state index contributed by atoms with van der Waals surface area (Å²) < 4.78 is 0. The maximum Gasteiger partial charge on any atom is 0.0447 e. The van der Waals surface area contributed by atoms with Crippen molar-refractivity contribution in [3.63, 3.8) is 0 Å². The van der Waals surface area contributed by atoms with Gasteiger partial charge in [0.25, 0.3) is 0 Å². The van der Waals surface area contributed by atoms with Crippen molar-refractivity contribution in [2.24, 2.45) is 0 Å². The van der Waals surface area contributed by atoms with Crippen LogP contribution < -0.4 is 4.90 Å². The Balaban J connectivity index is 1.12. The lowest BCUT2D eigenvalue weighted by molar-refractivity contribution is 0.332. The molecular weight excluding hydrogens is 506 g/mol. The monoisotopic (exact) mass is 545 g/mol. The summed E-state index contributed by atoms with van der Waals surface area (Å²) in [5, 5.41) is 0. The molecule has 5 aromatic rings. The zero-order chi connectivity index (χ0) is 28.6. The predicted octanol–water partition coefficient (Wildman–Crippen LogP) is 10.7. The average molecular weight is 546 g/mol. The van der Waals surface area contributed by atoms with Gasteiger partial charge in [0.2, 0.25) is 0 Å². The van der Waals surface area contributed by atoms with Crippen LogP contribution in [0.5, 0.6) is 0 Å². The highest BCUT2D eigenvalue weighted by atomic mass is 15.2. The van der Waals surface area contributed by atoms with E-state index < -0.39 is 0 Å². The molecular formula is C41H39N. The van der Waals surface area contributed by atoms with E-state index >= 15 is 0 Å². The first kappa shape index (κ1) is 25.6. The molecule has 1 unspecified atom stereocenters. The third-order valence-corrected chi connectivity index (χ3v) is 10.5. The van der Waals surface area contributed by atoms with E-state index in [-0.39, 0.29) is 10.8 Å². The topological polar surface area (TPSA) is 3.24 Å². The minimum absolute atomic E-state index is 0.227. The van der Waals surface area contributed by atoms with Crippen LogP contribution in [0.25, 0.3) is 33.4 Å². The quantitative estimate of drug-likeness (QED) is 0.218. The number of rotatable bonds is 3. The van der Waals surface area contributed by atoms with Gasteiger partial charge in [-0.05, 0) is 116 Å². The van der Waals surface area contributed by atoms with Crippen molar-refractivity contribution in [2.75, 3.05) is 4.90 Å². The lowest BCUT2D eigenvalue weighted by Crippen LogP contribution is -2.33. The van der Waals surface area contributed by atoms with Crippen molar-refractivity contribution >= 4 is 11.4 Å². The van der Waals surface area contributed by atoms with Crippen molar-refractivity contribution in [1.82, 2.24) is 0 Å². The van der Waals surface area contributed by atoms with Crippen LogP contribution >= 0.6 is 0 Å². The zero-order valence-electron chi connectivity index (χ0n) is 25.2. The molecule has 8 rings (SSSR count). The summed E-state index contributed by atoms with van der Waals surface area (Å²) in [6.07, 6.45) is 4.71. The molecule has 1 heteroatoms. The summed E-state index contributed by atoms with van der Waals surface area (Å²) >= 11 is 0. The Bertz CT molecular complexity index is 1840. The third-order valence-electron chi connectivity index (χ3n) is 10.5. The van der Waals surface area contributed by atoms with E-state index in [4.69, 9.17) is 0 Å². The zero-order valence-corrected chi connectivity index (χ0v) is 25.2. The third kappa shape index (κ3) is 3.97. The second-order valence-corrected chi connectivity index (χ2v) is 14.1. The molecule has 0 aromatic heterocycles. The van der Waals surface area contributed by atoms with Crippen LogP contribution in [-0.2, 0) is 23.7 Å². The van der Waals surface area contributed by atoms with Gasteiger partial charge >= 0.3 is 0 Å². The van der Waals surface area contributed by atoms with E-state index in [0.29, 0.717) is 6.04 Å². The van der Waals surface area contributed by atoms with E-state index in [1.54, 1.807) is 0 Å². The van der Waals surface area contributed by atoms with Crippen LogP contribution in [0, 0.1) is 0 Å². The number of fused-ring (bicyclic) bond motifs is 6. The fourth-order valence-electron chi connectivity index (χ4n) is 7.97. The van der Waals surface area contributed by atoms with Gasteiger partial charge in [-0.15, -0.1) is 0 Å². The number of nitrogens with zero attached hydrogens (tertiary/aromatic N) is 1. The normalized spacial score (nSPS) is 19.1. The van der Waals surface area contributed by atoms with Crippen molar-refractivity contribution in [3.05, 3.63) is 131 Å². The fourth-order valence-corrected chi connectivity index (χ4v) is 7.97. The van der Waals surface area contributed by atoms with E-state index in [1.807, 2.05) is 0 Å². The van der Waals surface area contributed by atoms with Crippen LogP contribution in [0.3, 0.4) is 0 Å². The molecule has 0 amide bonds. The molecule has 0 fully saturated rings.